The van der Waals surface area contributed by atoms with Gasteiger partial charge in [-0.3, -0.25) is 14.4 Å². The van der Waals surface area contributed by atoms with Crippen molar-refractivity contribution >= 4 is 23.4 Å². The molecule has 1 unspecified atom stereocenters. The van der Waals surface area contributed by atoms with Gasteiger partial charge in [-0.05, 0) is 43.9 Å². The van der Waals surface area contributed by atoms with Crippen molar-refractivity contribution in [2.75, 3.05) is 31.6 Å². The third-order valence-corrected chi connectivity index (χ3v) is 5.57. The van der Waals surface area contributed by atoms with E-state index >= 15 is 0 Å². The van der Waals surface area contributed by atoms with Gasteiger partial charge in [-0.1, -0.05) is 48.0 Å². The lowest BCUT2D eigenvalue weighted by atomic mass is 10.1. The summed E-state index contributed by atoms with van der Waals surface area (Å²) < 4.78 is 5.80. The van der Waals surface area contributed by atoms with Crippen LogP contribution in [-0.2, 0) is 19.1 Å². The van der Waals surface area contributed by atoms with Gasteiger partial charge in [0.2, 0.25) is 5.91 Å². The highest BCUT2D eigenvalue weighted by Crippen LogP contribution is 2.23. The zero-order chi connectivity index (χ0) is 23.1. The molecule has 1 atom stereocenters. The Morgan fingerprint density at radius 3 is 2.41 bits per heavy atom. The maximum Gasteiger partial charge on any atom is 0.313 e. The van der Waals surface area contributed by atoms with E-state index < -0.39 is 11.8 Å². The second-order valence-electron chi connectivity index (χ2n) is 8.20. The Morgan fingerprint density at radius 2 is 1.72 bits per heavy atom. The monoisotopic (exact) mass is 437 g/mol. The van der Waals surface area contributed by atoms with E-state index in [1.807, 2.05) is 63.2 Å². The van der Waals surface area contributed by atoms with E-state index in [1.165, 1.54) is 0 Å². The lowest BCUT2D eigenvalue weighted by molar-refractivity contribution is -0.139. The van der Waals surface area contributed by atoms with E-state index in [9.17, 15) is 14.4 Å². The van der Waals surface area contributed by atoms with E-state index in [0.29, 0.717) is 38.2 Å². The third-order valence-electron chi connectivity index (χ3n) is 5.57. The molecule has 1 fully saturated rings. The van der Waals surface area contributed by atoms with Crippen molar-refractivity contribution in [3.63, 3.8) is 0 Å². The predicted octanol–water partition coefficient (Wildman–Crippen LogP) is 3.05. The molecule has 2 N–H and O–H groups in total. The van der Waals surface area contributed by atoms with Crippen LogP contribution in [0.25, 0.3) is 0 Å². The van der Waals surface area contributed by atoms with Gasteiger partial charge in [0.1, 0.15) is 6.10 Å². The van der Waals surface area contributed by atoms with Crippen LogP contribution in [0.1, 0.15) is 41.2 Å². The molecular formula is C25H31N3O4. The molecule has 1 heterocycles. The highest BCUT2D eigenvalue weighted by Gasteiger charge is 2.25. The Bertz CT molecular complexity index is 951. The quantitative estimate of drug-likeness (QED) is 0.537. The number of morpholine rings is 1. The number of ether oxygens (including phenoxy) is 1. The zero-order valence-electron chi connectivity index (χ0n) is 18.9. The highest BCUT2D eigenvalue weighted by atomic mass is 16.5. The molecule has 0 radical (unpaired) electrons. The van der Waals surface area contributed by atoms with Gasteiger partial charge in [-0.25, -0.2) is 0 Å². The predicted molar refractivity (Wildman–Crippen MR) is 123 cm³/mol. The molecule has 0 saturated carbocycles. The van der Waals surface area contributed by atoms with Gasteiger partial charge in [0.15, 0.2) is 0 Å². The van der Waals surface area contributed by atoms with Crippen molar-refractivity contribution in [2.24, 2.45) is 0 Å². The van der Waals surface area contributed by atoms with E-state index in [4.69, 9.17) is 4.74 Å². The summed E-state index contributed by atoms with van der Waals surface area (Å²) >= 11 is 0. The minimum atomic E-state index is -0.703. The Labute approximate surface area is 189 Å². The van der Waals surface area contributed by atoms with Crippen LogP contribution in [0.15, 0.2) is 42.5 Å². The first-order valence-corrected chi connectivity index (χ1v) is 11.0. The summed E-state index contributed by atoms with van der Waals surface area (Å²) in [5.74, 6) is -1.38. The number of benzene rings is 2. The molecule has 1 aliphatic heterocycles. The van der Waals surface area contributed by atoms with E-state index in [0.717, 1.165) is 22.3 Å². The number of anilines is 1. The van der Waals surface area contributed by atoms with Crippen LogP contribution in [0.4, 0.5) is 5.69 Å². The van der Waals surface area contributed by atoms with Gasteiger partial charge < -0.3 is 20.3 Å². The number of nitrogens with zero attached hydrogens (tertiary/aromatic N) is 1. The number of carbonyl (C=O) groups is 3. The average Bonchev–Trinajstić information content (AvgIpc) is 2.79. The van der Waals surface area contributed by atoms with Crippen LogP contribution in [-0.4, -0.2) is 48.9 Å². The molecule has 0 aliphatic carbocycles. The van der Waals surface area contributed by atoms with Gasteiger partial charge >= 0.3 is 11.8 Å². The second-order valence-corrected chi connectivity index (χ2v) is 8.20. The summed E-state index contributed by atoms with van der Waals surface area (Å²) in [7, 11) is 0. The Morgan fingerprint density at radius 1 is 1.03 bits per heavy atom. The summed E-state index contributed by atoms with van der Waals surface area (Å²) in [5, 5.41) is 5.29. The lowest BCUT2D eigenvalue weighted by Gasteiger charge is -2.33. The van der Waals surface area contributed by atoms with Crippen LogP contribution >= 0.6 is 0 Å². The van der Waals surface area contributed by atoms with Crippen molar-refractivity contribution in [3.8, 4) is 0 Å². The Kier molecular flexibility index (Phi) is 8.00. The van der Waals surface area contributed by atoms with Crippen molar-refractivity contribution in [3.05, 3.63) is 64.7 Å². The molecule has 1 aliphatic rings. The minimum absolute atomic E-state index is 0.0267. The van der Waals surface area contributed by atoms with Crippen LogP contribution in [0.2, 0.25) is 0 Å². The van der Waals surface area contributed by atoms with E-state index in [2.05, 4.69) is 10.6 Å². The van der Waals surface area contributed by atoms with Crippen molar-refractivity contribution in [1.29, 1.82) is 0 Å². The largest absolute Gasteiger partial charge is 0.370 e. The zero-order valence-corrected chi connectivity index (χ0v) is 18.9. The number of carbonyl (C=O) groups excluding carboxylic acids is 3. The summed E-state index contributed by atoms with van der Waals surface area (Å²) in [6, 6.07) is 13.8. The van der Waals surface area contributed by atoms with Crippen LogP contribution in [0.3, 0.4) is 0 Å². The van der Waals surface area contributed by atoms with Gasteiger partial charge in [-0.15, -0.1) is 0 Å². The molecule has 0 spiro atoms. The average molecular weight is 438 g/mol. The van der Waals surface area contributed by atoms with Crippen molar-refractivity contribution < 1.29 is 19.1 Å². The maximum absolute atomic E-state index is 12.6. The van der Waals surface area contributed by atoms with Crippen molar-refractivity contribution in [1.82, 2.24) is 10.2 Å². The fraction of sp³-hybridized carbons (Fsp3) is 0.400. The van der Waals surface area contributed by atoms with E-state index in [1.54, 1.807) is 4.90 Å². The molecule has 7 heteroatoms. The summed E-state index contributed by atoms with van der Waals surface area (Å²) in [6.45, 7) is 7.62. The SMILES string of the molecule is Cc1cc(C)c(NC(=O)C(=O)NCCCC(=O)N2CCOC(c3ccccc3)C2)c(C)c1. The Balaban J connectivity index is 1.41. The van der Waals surface area contributed by atoms with Crippen LogP contribution in [0, 0.1) is 20.8 Å². The Hall–Kier alpha value is -3.19. The molecule has 7 nitrogen and oxygen atoms in total. The summed E-state index contributed by atoms with van der Waals surface area (Å²) in [4.78, 5) is 38.8. The summed E-state index contributed by atoms with van der Waals surface area (Å²) in [6.07, 6.45) is 0.652. The molecular weight excluding hydrogens is 406 g/mol. The maximum atomic E-state index is 12.6. The lowest BCUT2D eigenvalue weighted by Crippen LogP contribution is -2.42. The number of nitrogens with one attached hydrogen (secondary N) is 2. The van der Waals surface area contributed by atoms with Gasteiger partial charge in [-0.2, -0.15) is 0 Å². The first-order valence-electron chi connectivity index (χ1n) is 11.0. The van der Waals surface area contributed by atoms with Gasteiger partial charge in [0.05, 0.1) is 13.2 Å². The molecule has 2 aromatic rings. The third kappa shape index (κ3) is 6.17. The van der Waals surface area contributed by atoms with Gasteiger partial charge in [0.25, 0.3) is 0 Å². The molecule has 32 heavy (non-hydrogen) atoms. The molecule has 3 rings (SSSR count). The standard InChI is InChI=1S/C25H31N3O4/c1-17-14-18(2)23(19(3)15-17)27-25(31)24(30)26-11-7-10-22(29)28-12-13-32-21(16-28)20-8-5-4-6-9-20/h4-6,8-9,14-15,21H,7,10-13,16H2,1-3H3,(H,26,30)(H,27,31). The minimum Gasteiger partial charge on any atom is -0.370 e. The first kappa shape index (κ1) is 23.5. The van der Waals surface area contributed by atoms with E-state index in [-0.39, 0.29) is 18.6 Å². The first-order chi connectivity index (χ1) is 15.3. The fourth-order valence-electron chi connectivity index (χ4n) is 3.97. The molecule has 0 aromatic heterocycles. The number of amides is 3. The highest BCUT2D eigenvalue weighted by molar-refractivity contribution is 6.39. The summed E-state index contributed by atoms with van der Waals surface area (Å²) in [5.41, 5.74) is 4.64. The van der Waals surface area contributed by atoms with Crippen LogP contribution < -0.4 is 10.6 Å². The smallest absolute Gasteiger partial charge is 0.313 e. The molecule has 3 amide bonds. The second kappa shape index (κ2) is 10.9. The normalized spacial score (nSPS) is 15.8. The fourth-order valence-corrected chi connectivity index (χ4v) is 3.97. The molecule has 0 bridgehead atoms. The number of aryl methyl sites for hydroxylation is 3. The number of rotatable bonds is 6. The van der Waals surface area contributed by atoms with Crippen LogP contribution in [0.5, 0.6) is 0 Å². The van der Waals surface area contributed by atoms with Crippen molar-refractivity contribution in [2.45, 2.75) is 39.7 Å². The van der Waals surface area contributed by atoms with Gasteiger partial charge in [0, 0.05) is 25.2 Å². The topological polar surface area (TPSA) is 87.7 Å². The molecule has 1 saturated heterocycles. The number of hydrogen-bond acceptors (Lipinski definition) is 4. The number of hydrogen-bond donors (Lipinski definition) is 2. The molecule has 2 aromatic carbocycles. The molecule has 170 valence electrons.